The molecule has 0 spiro atoms. The van der Waals surface area contributed by atoms with Gasteiger partial charge >= 0.3 is 0 Å². The smallest absolute Gasteiger partial charge is 0.225 e. The van der Waals surface area contributed by atoms with Gasteiger partial charge in [-0.1, -0.05) is 28.4 Å². The minimum Gasteiger partial charge on any atom is -1.00 e. The Hall–Kier alpha value is -0.580. The Morgan fingerprint density at radius 1 is 1.26 bits per heavy atom. The molecule has 0 bridgehead atoms. The van der Waals surface area contributed by atoms with E-state index in [-0.39, 0.29) is 18.3 Å². The molecule has 0 aromatic heterocycles. The molecule has 0 aliphatic carbocycles. The molecular formula is C14H19BrClN2O-. The fraction of sp³-hybridized carbons (Fsp3) is 0.500. The SMILES string of the molecule is O=C(CCN1CCCCC1)Nc1cccc(Br)c1.[Cl-]. The average molecular weight is 347 g/mol. The summed E-state index contributed by atoms with van der Waals surface area (Å²) >= 11 is 3.39. The number of hydrogen-bond donors (Lipinski definition) is 1. The van der Waals surface area contributed by atoms with E-state index in [2.05, 4.69) is 26.1 Å². The van der Waals surface area contributed by atoms with Gasteiger partial charge in [0, 0.05) is 23.1 Å². The summed E-state index contributed by atoms with van der Waals surface area (Å²) in [6.07, 6.45) is 4.45. The molecule has 1 aliphatic heterocycles. The van der Waals surface area contributed by atoms with Crippen LogP contribution < -0.4 is 17.7 Å². The molecule has 0 unspecified atom stereocenters. The number of carbonyl (C=O) groups is 1. The summed E-state index contributed by atoms with van der Waals surface area (Å²) in [6.45, 7) is 3.16. The van der Waals surface area contributed by atoms with Crippen molar-refractivity contribution in [2.45, 2.75) is 25.7 Å². The number of amides is 1. The summed E-state index contributed by atoms with van der Waals surface area (Å²) in [6, 6.07) is 7.69. The van der Waals surface area contributed by atoms with Crippen molar-refractivity contribution in [1.82, 2.24) is 4.90 Å². The topological polar surface area (TPSA) is 32.3 Å². The second-order valence-corrected chi connectivity index (χ2v) is 5.63. The van der Waals surface area contributed by atoms with Crippen LogP contribution in [-0.2, 0) is 4.79 Å². The largest absolute Gasteiger partial charge is 1.00 e. The van der Waals surface area contributed by atoms with Crippen molar-refractivity contribution in [2.75, 3.05) is 25.0 Å². The highest BCUT2D eigenvalue weighted by Gasteiger charge is 2.11. The van der Waals surface area contributed by atoms with E-state index in [1.165, 1.54) is 19.3 Å². The Bertz CT molecular complexity index is 408. The highest BCUT2D eigenvalue weighted by Crippen LogP contribution is 2.16. The van der Waals surface area contributed by atoms with Gasteiger partial charge in [0.1, 0.15) is 0 Å². The molecule has 5 heteroatoms. The van der Waals surface area contributed by atoms with E-state index in [0.717, 1.165) is 29.8 Å². The first-order valence-corrected chi connectivity index (χ1v) is 7.31. The molecule has 106 valence electrons. The molecule has 0 atom stereocenters. The number of hydrogen-bond acceptors (Lipinski definition) is 2. The molecule has 19 heavy (non-hydrogen) atoms. The molecule has 1 saturated heterocycles. The predicted molar refractivity (Wildman–Crippen MR) is 77.7 cm³/mol. The van der Waals surface area contributed by atoms with Gasteiger partial charge in [0.05, 0.1) is 0 Å². The summed E-state index contributed by atoms with van der Waals surface area (Å²) < 4.78 is 0.983. The third-order valence-corrected chi connectivity index (χ3v) is 3.71. The number of nitrogens with one attached hydrogen (secondary N) is 1. The van der Waals surface area contributed by atoms with E-state index >= 15 is 0 Å². The van der Waals surface area contributed by atoms with Crippen molar-refractivity contribution in [1.29, 1.82) is 0 Å². The van der Waals surface area contributed by atoms with Crippen LogP contribution in [0.15, 0.2) is 28.7 Å². The second-order valence-electron chi connectivity index (χ2n) is 4.71. The van der Waals surface area contributed by atoms with Crippen LogP contribution in [-0.4, -0.2) is 30.4 Å². The Kier molecular flexibility index (Phi) is 7.42. The number of rotatable bonds is 4. The summed E-state index contributed by atoms with van der Waals surface area (Å²) in [5.41, 5.74) is 0.855. The Labute approximate surface area is 129 Å². The number of nitrogens with zero attached hydrogens (tertiary/aromatic N) is 1. The van der Waals surface area contributed by atoms with E-state index in [1.54, 1.807) is 0 Å². The van der Waals surface area contributed by atoms with Crippen molar-refractivity contribution >= 4 is 27.5 Å². The summed E-state index contributed by atoms with van der Waals surface area (Å²) in [5, 5.41) is 2.93. The minimum absolute atomic E-state index is 0. The molecule has 1 heterocycles. The monoisotopic (exact) mass is 345 g/mol. The van der Waals surface area contributed by atoms with Crippen molar-refractivity contribution in [2.24, 2.45) is 0 Å². The minimum atomic E-state index is 0. The van der Waals surface area contributed by atoms with Gasteiger partial charge in [-0.2, -0.15) is 0 Å². The highest BCUT2D eigenvalue weighted by atomic mass is 79.9. The molecule has 2 rings (SSSR count). The summed E-state index contributed by atoms with van der Waals surface area (Å²) in [7, 11) is 0. The van der Waals surface area contributed by atoms with Gasteiger partial charge in [-0.05, 0) is 44.1 Å². The molecular weight excluding hydrogens is 328 g/mol. The maximum Gasteiger partial charge on any atom is 0.225 e. The standard InChI is InChI=1S/C14H19BrN2O.ClH/c15-12-5-4-6-13(11-12)16-14(18)7-10-17-8-2-1-3-9-17;/h4-6,11H,1-3,7-10H2,(H,16,18);1H/p-1. The van der Waals surface area contributed by atoms with Gasteiger partial charge in [0.2, 0.25) is 5.91 Å². The van der Waals surface area contributed by atoms with E-state index in [1.807, 2.05) is 24.3 Å². The summed E-state index contributed by atoms with van der Waals surface area (Å²) in [5.74, 6) is 0.0960. The van der Waals surface area contributed by atoms with Gasteiger partial charge in [0.15, 0.2) is 0 Å². The first-order chi connectivity index (χ1) is 8.74. The highest BCUT2D eigenvalue weighted by molar-refractivity contribution is 9.10. The lowest BCUT2D eigenvalue weighted by atomic mass is 10.1. The molecule has 1 aromatic rings. The van der Waals surface area contributed by atoms with Crippen LogP contribution >= 0.6 is 15.9 Å². The van der Waals surface area contributed by atoms with E-state index < -0.39 is 0 Å². The third kappa shape index (κ3) is 5.93. The van der Waals surface area contributed by atoms with Gasteiger partial charge < -0.3 is 22.6 Å². The molecule has 0 saturated carbocycles. The molecule has 1 aromatic carbocycles. The number of likely N-dealkylation sites (tertiary alicyclic amines) is 1. The normalized spacial score (nSPS) is 15.6. The molecule has 1 N–H and O–H groups in total. The van der Waals surface area contributed by atoms with Crippen molar-refractivity contribution in [3.8, 4) is 0 Å². The first kappa shape index (κ1) is 16.5. The predicted octanol–water partition coefficient (Wildman–Crippen LogP) is 0.268. The summed E-state index contributed by atoms with van der Waals surface area (Å²) in [4.78, 5) is 14.2. The molecule has 1 amide bonds. The molecule has 1 fully saturated rings. The van der Waals surface area contributed by atoms with Crippen LogP contribution in [0.2, 0.25) is 0 Å². The maximum absolute atomic E-state index is 11.8. The van der Waals surface area contributed by atoms with Crippen LogP contribution in [0.1, 0.15) is 25.7 Å². The van der Waals surface area contributed by atoms with Crippen LogP contribution in [0.4, 0.5) is 5.69 Å². The molecule has 3 nitrogen and oxygen atoms in total. The van der Waals surface area contributed by atoms with Crippen LogP contribution in [0, 0.1) is 0 Å². The van der Waals surface area contributed by atoms with Crippen molar-refractivity contribution < 1.29 is 17.2 Å². The zero-order valence-corrected chi connectivity index (χ0v) is 13.2. The van der Waals surface area contributed by atoms with E-state index in [4.69, 9.17) is 0 Å². The number of anilines is 1. The van der Waals surface area contributed by atoms with Gasteiger partial charge in [-0.3, -0.25) is 4.79 Å². The van der Waals surface area contributed by atoms with E-state index in [0.29, 0.717) is 6.42 Å². The van der Waals surface area contributed by atoms with Gasteiger partial charge in [0.25, 0.3) is 0 Å². The quantitative estimate of drug-likeness (QED) is 0.849. The third-order valence-electron chi connectivity index (χ3n) is 3.21. The number of benzene rings is 1. The Morgan fingerprint density at radius 3 is 2.68 bits per heavy atom. The van der Waals surface area contributed by atoms with Crippen LogP contribution in [0.3, 0.4) is 0 Å². The number of piperidine rings is 1. The van der Waals surface area contributed by atoms with Crippen LogP contribution in [0.25, 0.3) is 0 Å². The average Bonchev–Trinajstić information content (AvgIpc) is 2.38. The number of halogens is 2. The fourth-order valence-electron chi connectivity index (χ4n) is 2.23. The maximum atomic E-state index is 11.8. The van der Waals surface area contributed by atoms with Crippen LogP contribution in [0.5, 0.6) is 0 Å². The Morgan fingerprint density at radius 2 is 2.00 bits per heavy atom. The van der Waals surface area contributed by atoms with Gasteiger partial charge in [-0.25, -0.2) is 0 Å². The zero-order chi connectivity index (χ0) is 12.8. The van der Waals surface area contributed by atoms with Crippen molar-refractivity contribution in [3.05, 3.63) is 28.7 Å². The van der Waals surface area contributed by atoms with Gasteiger partial charge in [-0.15, -0.1) is 0 Å². The lowest BCUT2D eigenvalue weighted by Gasteiger charge is -2.25. The lowest BCUT2D eigenvalue weighted by Crippen LogP contribution is -3.00. The zero-order valence-electron chi connectivity index (χ0n) is 10.9. The second kappa shape index (κ2) is 8.56. The van der Waals surface area contributed by atoms with E-state index in [9.17, 15) is 4.79 Å². The Balaban J connectivity index is 0.00000180. The fourth-order valence-corrected chi connectivity index (χ4v) is 2.63. The molecule has 1 aliphatic rings. The van der Waals surface area contributed by atoms with Crippen molar-refractivity contribution in [3.63, 3.8) is 0 Å². The first-order valence-electron chi connectivity index (χ1n) is 6.52. The number of carbonyl (C=O) groups excluding carboxylic acids is 1. The molecule has 0 radical (unpaired) electrons. The lowest BCUT2D eigenvalue weighted by molar-refractivity contribution is -0.116.